The molecule has 2 aromatic carbocycles. The van der Waals surface area contributed by atoms with Crippen molar-refractivity contribution in [2.45, 2.75) is 59.5 Å². The van der Waals surface area contributed by atoms with Gasteiger partial charge in [-0.3, -0.25) is 4.79 Å². The van der Waals surface area contributed by atoms with Crippen LogP contribution in [0.3, 0.4) is 0 Å². The molecule has 6 bridgehead atoms. The van der Waals surface area contributed by atoms with Gasteiger partial charge in [-0.2, -0.15) is 9.61 Å². The Morgan fingerprint density at radius 2 is 1.80 bits per heavy atom. The quantitative estimate of drug-likeness (QED) is 0.225. The van der Waals surface area contributed by atoms with Crippen LogP contribution >= 0.6 is 11.6 Å². The van der Waals surface area contributed by atoms with Crippen LogP contribution in [0.2, 0.25) is 5.02 Å². The molecule has 7 rings (SSSR count). The molecule has 1 fully saturated rings. The van der Waals surface area contributed by atoms with E-state index in [1.165, 1.54) is 7.11 Å². The first-order valence-corrected chi connectivity index (χ1v) is 16.0. The van der Waals surface area contributed by atoms with Crippen molar-refractivity contribution in [2.75, 3.05) is 31.7 Å². The normalized spacial score (nSPS) is 17.1. The number of allylic oxidation sites excluding steroid dienone is 3. The Morgan fingerprint density at radius 1 is 1.09 bits per heavy atom. The highest BCUT2D eigenvalue weighted by Crippen LogP contribution is 2.38. The predicted molar refractivity (Wildman–Crippen MR) is 185 cm³/mol. The maximum absolute atomic E-state index is 12.5. The van der Waals surface area contributed by atoms with Crippen LogP contribution in [0.1, 0.15) is 51.8 Å². The number of halogens is 1. The van der Waals surface area contributed by atoms with Gasteiger partial charge in [0.25, 0.3) is 0 Å². The highest BCUT2D eigenvalue weighted by atomic mass is 35.5. The smallest absolute Gasteiger partial charge is 0.310 e. The summed E-state index contributed by atoms with van der Waals surface area (Å²) in [5.41, 5.74) is 5.59. The van der Waals surface area contributed by atoms with Crippen molar-refractivity contribution in [1.29, 1.82) is 0 Å². The minimum Gasteiger partial charge on any atom is -0.489 e. The Kier molecular flexibility index (Phi) is 9.89. The molecule has 1 saturated heterocycles. The molecule has 4 aromatic rings. The van der Waals surface area contributed by atoms with E-state index in [1.54, 1.807) is 20.8 Å². The number of hydrogen-bond donors (Lipinski definition) is 1. The molecule has 3 aliphatic rings. The van der Waals surface area contributed by atoms with Gasteiger partial charge >= 0.3 is 5.97 Å². The van der Waals surface area contributed by atoms with Crippen LogP contribution in [-0.4, -0.2) is 58.1 Å². The number of methoxy groups -OCH3 is 1. The topological polar surface area (TPSA) is 89.2 Å². The molecule has 3 aliphatic heterocycles. The van der Waals surface area contributed by atoms with Gasteiger partial charge in [-0.05, 0) is 81.9 Å². The first kappa shape index (κ1) is 33.2. The van der Waals surface area contributed by atoms with Crippen molar-refractivity contribution in [1.82, 2.24) is 14.6 Å². The van der Waals surface area contributed by atoms with E-state index in [9.17, 15) is 4.79 Å². The number of esters is 1. The summed E-state index contributed by atoms with van der Waals surface area (Å²) in [6.45, 7) is 11.6. The van der Waals surface area contributed by atoms with E-state index < -0.39 is 5.60 Å². The number of fused-ring (bicyclic) bond motifs is 5. The van der Waals surface area contributed by atoms with E-state index in [2.05, 4.69) is 36.1 Å². The maximum Gasteiger partial charge on any atom is 0.310 e. The number of anilines is 1. The lowest BCUT2D eigenvalue weighted by Gasteiger charge is -2.39. The number of piperidine rings is 1. The van der Waals surface area contributed by atoms with Crippen LogP contribution in [0.15, 0.2) is 72.8 Å². The molecule has 0 saturated carbocycles. The minimum atomic E-state index is -0.500. The molecule has 5 heterocycles. The lowest BCUT2D eigenvalue weighted by atomic mass is 9.80. The molecule has 0 spiro atoms. The van der Waals surface area contributed by atoms with Crippen molar-refractivity contribution >= 4 is 29.0 Å². The molecule has 8 nitrogen and oxygen atoms in total. The SMILES string of the molecule is CC(C)(C)O.COC(=O)Cc1c(C)nc2cc3nn2c1N1CCC(C)(/C=C/C=C\COc2ccc(Cl)cc2-c2cccc-3c2)CC1. The number of nitrogens with zero attached hydrogens (tertiary/aromatic N) is 4. The summed E-state index contributed by atoms with van der Waals surface area (Å²) in [4.78, 5) is 19.7. The third-order valence-corrected chi connectivity index (χ3v) is 8.36. The summed E-state index contributed by atoms with van der Waals surface area (Å²) in [6.07, 6.45) is 10.6. The highest BCUT2D eigenvalue weighted by molar-refractivity contribution is 6.31. The second kappa shape index (κ2) is 13.7. The van der Waals surface area contributed by atoms with Gasteiger partial charge in [0.1, 0.15) is 18.2 Å². The molecule has 0 radical (unpaired) electrons. The van der Waals surface area contributed by atoms with Crippen molar-refractivity contribution in [3.05, 3.63) is 89.1 Å². The van der Waals surface area contributed by atoms with E-state index in [0.717, 1.165) is 76.8 Å². The molecular weight excluding hydrogens is 600 g/mol. The van der Waals surface area contributed by atoms with Gasteiger partial charge in [0.05, 0.1) is 24.8 Å². The van der Waals surface area contributed by atoms with Gasteiger partial charge in [-0.15, -0.1) is 0 Å². The van der Waals surface area contributed by atoms with Gasteiger partial charge in [0, 0.05) is 46.6 Å². The van der Waals surface area contributed by atoms with Crippen molar-refractivity contribution in [2.24, 2.45) is 5.41 Å². The van der Waals surface area contributed by atoms with Crippen molar-refractivity contribution in [3.63, 3.8) is 0 Å². The summed E-state index contributed by atoms with van der Waals surface area (Å²) in [6, 6.07) is 15.9. The average molecular weight is 643 g/mol. The Morgan fingerprint density at radius 3 is 2.52 bits per heavy atom. The molecule has 0 unspecified atom stereocenters. The summed E-state index contributed by atoms with van der Waals surface area (Å²) in [5.74, 6) is 1.38. The standard InChI is InChI=1S/C33H33ClN4O3.C4H10O/c1-22-26(20-31(39)40-3)32-37-15-13-33(2,14-16-37)12-5-4-6-17-41-29-11-10-25(34)19-27(29)23-8-7-9-24(18-23)28-21-30(35-22)38(32)36-28;1-4(2,3)5/h4-12,18-19,21H,13-17,20H2,1-3H3;5H,1-3H3/b6-4-,12-5+;. The van der Waals surface area contributed by atoms with Crippen molar-refractivity contribution < 1.29 is 19.4 Å². The van der Waals surface area contributed by atoms with E-state index in [1.807, 2.05) is 60.0 Å². The third-order valence-electron chi connectivity index (χ3n) is 8.13. The second-order valence-electron chi connectivity index (χ2n) is 13.2. The predicted octanol–water partition coefficient (Wildman–Crippen LogP) is 7.63. The maximum atomic E-state index is 12.5. The van der Waals surface area contributed by atoms with Crippen LogP contribution in [0.25, 0.3) is 28.0 Å². The Balaban J connectivity index is 0.000000775. The number of carbonyl (C=O) groups is 1. The van der Waals surface area contributed by atoms with Crippen LogP contribution in [0.5, 0.6) is 5.75 Å². The number of benzene rings is 2. The molecule has 242 valence electrons. The summed E-state index contributed by atoms with van der Waals surface area (Å²) >= 11 is 6.42. The molecular formula is C37H43ClN4O4. The monoisotopic (exact) mass is 642 g/mol. The number of aliphatic hydroxyl groups is 1. The number of ether oxygens (including phenoxy) is 2. The molecule has 1 N–H and O–H groups in total. The van der Waals surface area contributed by atoms with Gasteiger partial charge in [-0.1, -0.05) is 55.0 Å². The molecule has 46 heavy (non-hydrogen) atoms. The molecule has 0 aliphatic carbocycles. The molecule has 9 heteroatoms. The largest absolute Gasteiger partial charge is 0.489 e. The van der Waals surface area contributed by atoms with Crippen LogP contribution in [0.4, 0.5) is 5.82 Å². The zero-order valence-electron chi connectivity index (χ0n) is 27.5. The molecule has 0 amide bonds. The highest BCUT2D eigenvalue weighted by Gasteiger charge is 2.31. The van der Waals surface area contributed by atoms with E-state index in [4.69, 9.17) is 36.3 Å². The zero-order valence-corrected chi connectivity index (χ0v) is 28.3. The van der Waals surface area contributed by atoms with Gasteiger partial charge in [0.2, 0.25) is 0 Å². The van der Waals surface area contributed by atoms with Gasteiger partial charge < -0.3 is 19.5 Å². The zero-order chi connectivity index (χ0) is 33.1. The van der Waals surface area contributed by atoms with Crippen LogP contribution < -0.4 is 9.64 Å². The fourth-order valence-electron chi connectivity index (χ4n) is 5.68. The number of rotatable bonds is 2. The summed E-state index contributed by atoms with van der Waals surface area (Å²) < 4.78 is 13.1. The average Bonchev–Trinajstić information content (AvgIpc) is 3.43. The Hall–Kier alpha value is -4.14. The minimum absolute atomic E-state index is 0.0616. The Labute approximate surface area is 276 Å². The van der Waals surface area contributed by atoms with E-state index in [-0.39, 0.29) is 17.8 Å². The summed E-state index contributed by atoms with van der Waals surface area (Å²) in [7, 11) is 1.42. The van der Waals surface area contributed by atoms with Crippen LogP contribution in [0, 0.1) is 12.3 Å². The lowest BCUT2D eigenvalue weighted by Crippen LogP contribution is -2.39. The third kappa shape index (κ3) is 7.98. The first-order valence-electron chi connectivity index (χ1n) is 15.6. The number of carbonyl (C=O) groups excluding carboxylic acids is 1. The van der Waals surface area contributed by atoms with Gasteiger partial charge in [0.15, 0.2) is 5.65 Å². The number of aryl methyl sites for hydroxylation is 1. The number of aromatic nitrogens is 3. The number of hydrogen-bond acceptors (Lipinski definition) is 7. The van der Waals surface area contributed by atoms with E-state index in [0.29, 0.717) is 11.6 Å². The Bertz CT molecular complexity index is 1770. The van der Waals surface area contributed by atoms with Gasteiger partial charge in [-0.25, -0.2) is 4.98 Å². The molecule has 0 atom stereocenters. The van der Waals surface area contributed by atoms with E-state index >= 15 is 0 Å². The fourth-order valence-corrected chi connectivity index (χ4v) is 5.85. The van der Waals surface area contributed by atoms with Crippen molar-refractivity contribution in [3.8, 4) is 28.1 Å². The fraction of sp³-hybridized carbons (Fsp3) is 0.378. The molecule has 2 aromatic heterocycles. The van der Waals surface area contributed by atoms with Crippen LogP contribution in [-0.2, 0) is 16.0 Å². The lowest BCUT2D eigenvalue weighted by molar-refractivity contribution is -0.139. The summed E-state index contributed by atoms with van der Waals surface area (Å²) in [5, 5.41) is 14.2. The first-order chi connectivity index (χ1) is 21.8. The second-order valence-corrected chi connectivity index (χ2v) is 13.6.